The largest absolute Gasteiger partial charge is 0.417 e. The third kappa shape index (κ3) is 4.95. The molecule has 1 unspecified atom stereocenters. The molecule has 0 aliphatic carbocycles. The van der Waals surface area contributed by atoms with E-state index in [-0.39, 0.29) is 24.6 Å². The summed E-state index contributed by atoms with van der Waals surface area (Å²) in [6.45, 7) is 3.10. The fourth-order valence-corrected chi connectivity index (χ4v) is 3.33. The van der Waals surface area contributed by atoms with Crippen molar-refractivity contribution in [2.24, 2.45) is 0 Å². The number of carbonyl (C=O) groups excluding carboxylic acids is 2. The van der Waals surface area contributed by atoms with Crippen molar-refractivity contribution in [2.75, 3.05) is 31.5 Å². The number of carbonyl (C=O) groups is 2. The first kappa shape index (κ1) is 20.9. The number of para-hydroxylation sites is 1. The smallest absolute Gasteiger partial charge is 0.336 e. The Morgan fingerprint density at radius 1 is 0.931 bits per heavy atom. The topological polar surface area (TPSA) is 52.7 Å². The first-order chi connectivity index (χ1) is 13.8. The molecule has 1 atom stereocenters. The SMILES string of the molecule is CC(C(=O)Nc1ccccc1)N1CCN(C(=O)c2ccccc2C(F)(F)F)CC1. The minimum Gasteiger partial charge on any atom is -0.336 e. The highest BCUT2D eigenvalue weighted by molar-refractivity contribution is 5.96. The van der Waals surface area contributed by atoms with Crippen molar-refractivity contribution < 1.29 is 22.8 Å². The molecule has 1 saturated heterocycles. The summed E-state index contributed by atoms with van der Waals surface area (Å²) in [5, 5.41) is 2.84. The van der Waals surface area contributed by atoms with E-state index in [0.29, 0.717) is 18.8 Å². The summed E-state index contributed by atoms with van der Waals surface area (Å²) in [7, 11) is 0. The molecule has 0 radical (unpaired) electrons. The highest BCUT2D eigenvalue weighted by Gasteiger charge is 2.36. The first-order valence-electron chi connectivity index (χ1n) is 9.33. The maximum Gasteiger partial charge on any atom is 0.417 e. The van der Waals surface area contributed by atoms with Crippen molar-refractivity contribution >= 4 is 17.5 Å². The quantitative estimate of drug-likeness (QED) is 0.847. The second kappa shape index (κ2) is 8.65. The molecule has 1 N–H and O–H groups in total. The Labute approximate surface area is 167 Å². The molecule has 0 spiro atoms. The molecule has 2 aromatic rings. The average Bonchev–Trinajstić information content (AvgIpc) is 2.73. The Morgan fingerprint density at radius 2 is 1.52 bits per heavy atom. The van der Waals surface area contributed by atoms with Crippen molar-refractivity contribution in [1.82, 2.24) is 9.80 Å². The van der Waals surface area contributed by atoms with E-state index in [0.717, 1.165) is 6.07 Å². The van der Waals surface area contributed by atoms with Crippen molar-refractivity contribution in [1.29, 1.82) is 0 Å². The van der Waals surface area contributed by atoms with E-state index in [1.54, 1.807) is 19.1 Å². The summed E-state index contributed by atoms with van der Waals surface area (Å²) >= 11 is 0. The van der Waals surface area contributed by atoms with E-state index in [2.05, 4.69) is 5.32 Å². The normalized spacial score (nSPS) is 16.3. The zero-order valence-corrected chi connectivity index (χ0v) is 15.9. The van der Waals surface area contributed by atoms with E-state index < -0.39 is 23.7 Å². The van der Waals surface area contributed by atoms with Gasteiger partial charge < -0.3 is 10.2 Å². The van der Waals surface area contributed by atoms with Crippen LogP contribution < -0.4 is 5.32 Å². The van der Waals surface area contributed by atoms with Crippen molar-refractivity contribution in [3.8, 4) is 0 Å². The number of piperazine rings is 1. The van der Waals surface area contributed by atoms with Crippen molar-refractivity contribution in [3.05, 3.63) is 65.7 Å². The standard InChI is InChI=1S/C21H22F3N3O2/c1-15(19(28)25-16-7-3-2-4-8-16)26-11-13-27(14-12-26)20(29)17-9-5-6-10-18(17)21(22,23)24/h2-10,15H,11-14H2,1H3,(H,25,28). The Bertz CT molecular complexity index is 863. The van der Waals surface area contributed by atoms with Crippen LogP contribution in [0.25, 0.3) is 0 Å². The number of anilines is 1. The van der Waals surface area contributed by atoms with Gasteiger partial charge in [-0.25, -0.2) is 0 Å². The lowest BCUT2D eigenvalue weighted by Crippen LogP contribution is -2.54. The summed E-state index contributed by atoms with van der Waals surface area (Å²) in [4.78, 5) is 28.4. The minimum absolute atomic E-state index is 0.168. The van der Waals surface area contributed by atoms with Crippen LogP contribution in [0.2, 0.25) is 0 Å². The fourth-order valence-electron chi connectivity index (χ4n) is 3.33. The van der Waals surface area contributed by atoms with Crippen molar-refractivity contribution in [3.63, 3.8) is 0 Å². The van der Waals surface area contributed by atoms with Crippen LogP contribution in [0.3, 0.4) is 0 Å². The van der Waals surface area contributed by atoms with Gasteiger partial charge in [0.05, 0.1) is 17.2 Å². The Balaban J connectivity index is 1.60. The van der Waals surface area contributed by atoms with Crippen LogP contribution in [0.15, 0.2) is 54.6 Å². The Morgan fingerprint density at radius 3 is 2.14 bits per heavy atom. The Kier molecular flexibility index (Phi) is 6.22. The molecule has 1 aliphatic rings. The molecule has 3 rings (SSSR count). The number of halogens is 3. The summed E-state index contributed by atoms with van der Waals surface area (Å²) in [5.74, 6) is -0.808. The lowest BCUT2D eigenvalue weighted by Gasteiger charge is -2.37. The van der Waals surface area contributed by atoms with Gasteiger partial charge >= 0.3 is 6.18 Å². The number of amides is 2. The molecule has 1 fully saturated rings. The predicted molar refractivity (Wildman–Crippen MR) is 103 cm³/mol. The molecular weight excluding hydrogens is 383 g/mol. The summed E-state index contributed by atoms with van der Waals surface area (Å²) in [6, 6.07) is 13.5. The minimum atomic E-state index is -4.59. The van der Waals surface area contributed by atoms with Crippen LogP contribution >= 0.6 is 0 Å². The average molecular weight is 405 g/mol. The van der Waals surface area contributed by atoms with Gasteiger partial charge in [0.25, 0.3) is 5.91 Å². The maximum absolute atomic E-state index is 13.2. The second-order valence-corrected chi connectivity index (χ2v) is 6.90. The van der Waals surface area contributed by atoms with Crippen LogP contribution in [0.5, 0.6) is 0 Å². The molecule has 2 amide bonds. The van der Waals surface area contributed by atoms with Gasteiger partial charge in [-0.05, 0) is 31.2 Å². The van der Waals surface area contributed by atoms with E-state index in [4.69, 9.17) is 0 Å². The monoisotopic (exact) mass is 405 g/mol. The lowest BCUT2D eigenvalue weighted by atomic mass is 10.1. The van der Waals surface area contributed by atoms with Crippen molar-refractivity contribution in [2.45, 2.75) is 19.1 Å². The van der Waals surface area contributed by atoms with Gasteiger partial charge in [0.2, 0.25) is 5.91 Å². The number of hydrogen-bond donors (Lipinski definition) is 1. The van der Waals surface area contributed by atoms with E-state index in [9.17, 15) is 22.8 Å². The Hall–Kier alpha value is -2.87. The number of benzene rings is 2. The molecule has 154 valence electrons. The van der Waals surface area contributed by atoms with Gasteiger partial charge in [0.15, 0.2) is 0 Å². The molecule has 29 heavy (non-hydrogen) atoms. The number of alkyl halides is 3. The molecular formula is C21H22F3N3O2. The zero-order chi connectivity index (χ0) is 21.0. The predicted octanol–water partition coefficient (Wildman–Crippen LogP) is 3.49. The van der Waals surface area contributed by atoms with Gasteiger partial charge in [-0.3, -0.25) is 14.5 Å². The van der Waals surface area contributed by atoms with E-state index in [1.165, 1.54) is 23.1 Å². The van der Waals surface area contributed by atoms with Crippen LogP contribution in [-0.4, -0.2) is 53.8 Å². The molecule has 0 bridgehead atoms. The molecule has 5 nitrogen and oxygen atoms in total. The van der Waals surface area contributed by atoms with Crippen LogP contribution in [0.4, 0.5) is 18.9 Å². The highest BCUT2D eigenvalue weighted by atomic mass is 19.4. The van der Waals surface area contributed by atoms with Gasteiger partial charge in [0, 0.05) is 31.9 Å². The molecule has 0 aromatic heterocycles. The fraction of sp³-hybridized carbons (Fsp3) is 0.333. The highest BCUT2D eigenvalue weighted by Crippen LogP contribution is 2.32. The number of rotatable bonds is 4. The number of nitrogens with one attached hydrogen (secondary N) is 1. The number of hydrogen-bond acceptors (Lipinski definition) is 3. The number of nitrogens with zero attached hydrogens (tertiary/aromatic N) is 2. The third-order valence-electron chi connectivity index (χ3n) is 5.03. The molecule has 8 heteroatoms. The summed E-state index contributed by atoms with van der Waals surface area (Å²) in [5.41, 5.74) is -0.576. The molecule has 2 aromatic carbocycles. The van der Waals surface area contributed by atoms with Crippen LogP contribution in [0, 0.1) is 0 Å². The molecule has 0 saturated carbocycles. The summed E-state index contributed by atoms with van der Waals surface area (Å²) < 4.78 is 39.6. The van der Waals surface area contributed by atoms with Gasteiger partial charge in [-0.15, -0.1) is 0 Å². The van der Waals surface area contributed by atoms with Gasteiger partial charge in [0.1, 0.15) is 0 Å². The van der Waals surface area contributed by atoms with E-state index >= 15 is 0 Å². The maximum atomic E-state index is 13.2. The third-order valence-corrected chi connectivity index (χ3v) is 5.03. The molecule has 1 aliphatic heterocycles. The first-order valence-corrected chi connectivity index (χ1v) is 9.33. The summed E-state index contributed by atoms with van der Waals surface area (Å²) in [6.07, 6.45) is -4.59. The van der Waals surface area contributed by atoms with E-state index in [1.807, 2.05) is 23.1 Å². The lowest BCUT2D eigenvalue weighted by molar-refractivity contribution is -0.138. The molecule has 1 heterocycles. The van der Waals surface area contributed by atoms with Crippen LogP contribution in [0.1, 0.15) is 22.8 Å². The zero-order valence-electron chi connectivity index (χ0n) is 15.9. The van der Waals surface area contributed by atoms with Gasteiger partial charge in [-0.2, -0.15) is 13.2 Å². The van der Waals surface area contributed by atoms with Gasteiger partial charge in [-0.1, -0.05) is 30.3 Å². The van der Waals surface area contributed by atoms with Crippen LogP contribution in [-0.2, 0) is 11.0 Å². The second-order valence-electron chi connectivity index (χ2n) is 6.90.